The van der Waals surface area contributed by atoms with Crippen molar-refractivity contribution < 1.29 is 48.3 Å². The second kappa shape index (κ2) is 10.5. The lowest BCUT2D eigenvalue weighted by atomic mass is 9.99. The van der Waals surface area contributed by atoms with Crippen LogP contribution < -0.4 is 22.9 Å². The minimum atomic E-state index is -2.32. The van der Waals surface area contributed by atoms with Crippen molar-refractivity contribution >= 4 is 28.3 Å². The highest BCUT2D eigenvalue weighted by atomic mass is 19.2. The number of hydrogen-bond donors (Lipinski definition) is 4. The van der Waals surface area contributed by atoms with Gasteiger partial charge in [0, 0.05) is 22.3 Å². The van der Waals surface area contributed by atoms with Crippen molar-refractivity contribution in [3.63, 3.8) is 0 Å². The Hall–Kier alpha value is -5.71. The normalized spacial score (nSPS) is 16.0. The minimum Gasteiger partial charge on any atom is -0.398 e. The van der Waals surface area contributed by atoms with Gasteiger partial charge in [-0.25, -0.2) is 48.3 Å². The lowest BCUT2D eigenvalue weighted by Crippen LogP contribution is -2.11. The molecule has 8 N–H and O–H groups in total. The summed E-state index contributed by atoms with van der Waals surface area (Å²) >= 11 is 0. The van der Waals surface area contributed by atoms with Gasteiger partial charge in [0.2, 0.25) is 0 Å². The van der Waals surface area contributed by atoms with Crippen LogP contribution in [0.3, 0.4) is 0 Å². The Balaban J connectivity index is 2.27. The van der Waals surface area contributed by atoms with Crippen molar-refractivity contribution in [2.45, 2.75) is 6.92 Å². The molecule has 17 heteroatoms. The van der Waals surface area contributed by atoms with Crippen LogP contribution in [0, 0.1) is 93.6 Å². The van der Waals surface area contributed by atoms with Crippen molar-refractivity contribution in [1.29, 1.82) is 10.5 Å². The van der Waals surface area contributed by atoms with Gasteiger partial charge in [0.25, 0.3) is 0 Å². The smallest absolute Gasteiger partial charge is 0.185 e. The van der Waals surface area contributed by atoms with Crippen LogP contribution in [-0.4, -0.2) is 0 Å². The fraction of sp³-hybridized carbons (Fsp3) is 0.0370. The van der Waals surface area contributed by atoms with Gasteiger partial charge in [0.15, 0.2) is 58.2 Å². The first-order chi connectivity index (χ1) is 20.5. The third-order valence-corrected chi connectivity index (χ3v) is 6.65. The topological polar surface area (TPSA) is 152 Å². The zero-order valence-corrected chi connectivity index (χ0v) is 21.4. The molecule has 1 aliphatic rings. The number of rotatable bonds is 3. The number of benzene rings is 3. The Morgan fingerprint density at radius 2 is 0.864 bits per heavy atom. The molecule has 0 amide bonds. The van der Waals surface area contributed by atoms with Gasteiger partial charge < -0.3 is 22.9 Å². The summed E-state index contributed by atoms with van der Waals surface area (Å²) in [7, 11) is 0. The van der Waals surface area contributed by atoms with Crippen LogP contribution in [0.4, 0.5) is 59.7 Å². The molecule has 6 nitrogen and oxygen atoms in total. The van der Waals surface area contributed by atoms with Crippen LogP contribution in [0.25, 0.3) is 17.0 Å². The van der Waals surface area contributed by atoms with Gasteiger partial charge in [0.05, 0.1) is 39.3 Å². The van der Waals surface area contributed by atoms with Crippen LogP contribution in [-0.2, 0) is 0 Å². The summed E-state index contributed by atoms with van der Waals surface area (Å²) in [6.45, 7) is 0.844. The third kappa shape index (κ3) is 4.16. The van der Waals surface area contributed by atoms with Gasteiger partial charge in [-0.2, -0.15) is 10.5 Å². The molecule has 0 atom stereocenters. The average Bonchev–Trinajstić information content (AvgIpc) is 3.73. The molecular weight excluding hydrogens is 617 g/mol. The first-order valence-electron chi connectivity index (χ1n) is 11.4. The molecule has 44 heavy (non-hydrogen) atoms. The van der Waals surface area contributed by atoms with Crippen molar-refractivity contribution in [3.05, 3.63) is 109 Å². The van der Waals surface area contributed by atoms with E-state index in [-0.39, 0.29) is 0 Å². The summed E-state index contributed by atoms with van der Waals surface area (Å²) in [6, 6.07) is 2.07. The highest BCUT2D eigenvalue weighted by Crippen LogP contribution is 2.55. The molecule has 0 aromatic heterocycles. The molecule has 4 rings (SSSR count). The van der Waals surface area contributed by atoms with Crippen LogP contribution in [0.1, 0.15) is 27.8 Å². The lowest BCUT2D eigenvalue weighted by molar-refractivity contribution is 0.446. The predicted octanol–water partition coefficient (Wildman–Crippen LogP) is 5.59. The van der Waals surface area contributed by atoms with Gasteiger partial charge in [0.1, 0.15) is 29.2 Å². The minimum absolute atomic E-state index is 0.766. The molecule has 1 fully saturated rings. The molecule has 0 spiro atoms. The van der Waals surface area contributed by atoms with Gasteiger partial charge in [-0.05, 0) is 6.92 Å². The second-order valence-corrected chi connectivity index (χ2v) is 8.96. The molecule has 0 heterocycles. The van der Waals surface area contributed by atoms with Gasteiger partial charge >= 0.3 is 0 Å². The van der Waals surface area contributed by atoms with Crippen LogP contribution in [0.15, 0.2) is 16.7 Å². The Kier molecular flexibility index (Phi) is 7.47. The van der Waals surface area contributed by atoms with E-state index < -0.39 is 137 Å². The van der Waals surface area contributed by atoms with E-state index in [4.69, 9.17) is 28.2 Å². The summed E-state index contributed by atoms with van der Waals surface area (Å²) in [5.74, 6) is -23.8. The molecule has 3 aromatic carbocycles. The Morgan fingerprint density at radius 3 is 1.25 bits per heavy atom. The molecule has 1 saturated carbocycles. The Labute approximate surface area is 238 Å². The molecule has 0 bridgehead atoms. The summed E-state index contributed by atoms with van der Waals surface area (Å²) in [5.41, 5.74) is 4.02. The number of hydrogen-bond acceptors (Lipinski definition) is 6. The van der Waals surface area contributed by atoms with Gasteiger partial charge in [-0.1, -0.05) is 0 Å². The number of nitriles is 2. The fourth-order valence-corrected chi connectivity index (χ4v) is 4.33. The van der Waals surface area contributed by atoms with E-state index >= 15 is 4.39 Å². The number of nitrogens with two attached hydrogens (primary N) is 4. The van der Waals surface area contributed by atoms with Crippen LogP contribution in [0.2, 0.25) is 0 Å². The van der Waals surface area contributed by atoms with E-state index in [2.05, 4.69) is 0 Å². The zero-order valence-electron chi connectivity index (χ0n) is 21.4. The van der Waals surface area contributed by atoms with E-state index in [1.54, 1.807) is 0 Å². The quantitative estimate of drug-likeness (QED) is 0.129. The number of nitrogen functional groups attached to an aromatic ring is 2. The molecule has 0 saturated heterocycles. The van der Waals surface area contributed by atoms with E-state index in [9.17, 15) is 49.2 Å². The number of halogens is 11. The molecule has 226 valence electrons. The summed E-state index contributed by atoms with van der Waals surface area (Å²) in [4.78, 5) is 0. The van der Waals surface area contributed by atoms with Gasteiger partial charge in [-0.3, -0.25) is 0 Å². The number of nitrogens with zero attached hydrogens (tertiary/aromatic N) is 2. The van der Waals surface area contributed by atoms with Crippen molar-refractivity contribution in [2.75, 3.05) is 11.5 Å². The summed E-state index contributed by atoms with van der Waals surface area (Å²) in [6.07, 6.45) is 0. The van der Waals surface area contributed by atoms with Gasteiger partial charge in [-0.15, -0.1) is 0 Å². The van der Waals surface area contributed by atoms with E-state index in [0.717, 1.165) is 13.0 Å². The average molecular weight is 628 g/mol. The van der Waals surface area contributed by atoms with Crippen molar-refractivity contribution in [3.8, 4) is 12.1 Å². The maximum absolute atomic E-state index is 15.2. The molecule has 0 radical (unpaired) electrons. The zero-order chi connectivity index (χ0) is 33.3. The Bertz CT molecular complexity index is 1960. The largest absolute Gasteiger partial charge is 0.398 e. The highest BCUT2D eigenvalue weighted by Gasteiger charge is 2.44. The SMILES string of the molecule is Cc1c(N)c(F)c(F)c(/C(C#N)=C2/C(=C(/N)c3c(F)c(F)c(C#N)c(F)c3F)/C2=C(/N)c2c(F)c(F)c(N)c(F)c2F)c1F. The monoisotopic (exact) mass is 628 g/mol. The molecule has 3 aromatic rings. The molecule has 1 aliphatic carbocycles. The van der Waals surface area contributed by atoms with Crippen LogP contribution in [0.5, 0.6) is 0 Å². The summed E-state index contributed by atoms with van der Waals surface area (Å²) in [5, 5.41) is 18.6. The molecule has 0 unspecified atom stereocenters. The van der Waals surface area contributed by atoms with Crippen molar-refractivity contribution in [1.82, 2.24) is 0 Å². The summed E-state index contributed by atoms with van der Waals surface area (Å²) < 4.78 is 161. The second-order valence-electron chi connectivity index (χ2n) is 8.96. The van der Waals surface area contributed by atoms with E-state index in [1.807, 2.05) is 0 Å². The fourth-order valence-electron chi connectivity index (χ4n) is 4.33. The molecule has 0 aliphatic heterocycles. The predicted molar refractivity (Wildman–Crippen MR) is 132 cm³/mol. The Morgan fingerprint density at radius 1 is 0.500 bits per heavy atom. The van der Waals surface area contributed by atoms with E-state index in [1.165, 1.54) is 6.07 Å². The standard InChI is InChI=1S/C27H11F11N6/c1-4-13(28)8(16(31)21(36)24(4)41)5(2-39)7-9(25(42)11-17(32)14(29)6(3-40)15(30)18(11)33)10(7)26(43)12-19(34)22(37)27(44)23(38)20(12)35/h41-44H2,1H3/b7-5-,25-9-,26-10+. The van der Waals surface area contributed by atoms with Crippen molar-refractivity contribution in [2.24, 2.45) is 11.5 Å². The highest BCUT2D eigenvalue weighted by molar-refractivity contribution is 6.08. The third-order valence-electron chi connectivity index (χ3n) is 6.65. The maximum atomic E-state index is 15.2. The van der Waals surface area contributed by atoms with E-state index in [0.29, 0.717) is 0 Å². The number of anilines is 2. The maximum Gasteiger partial charge on any atom is 0.185 e. The lowest BCUT2D eigenvalue weighted by Gasteiger charge is -2.11. The van der Waals surface area contributed by atoms with Crippen LogP contribution >= 0.6 is 0 Å². The number of allylic oxidation sites excluding steroid dienone is 4. The first-order valence-corrected chi connectivity index (χ1v) is 11.4. The first kappa shape index (κ1) is 31.2. The molecular formula is C27H11F11N6.